The van der Waals surface area contributed by atoms with Crippen molar-refractivity contribution < 1.29 is 23.8 Å². The minimum atomic E-state index is -0.765. The number of nitrogens with zero attached hydrogens (tertiary/aromatic N) is 1. The zero-order chi connectivity index (χ0) is 19.8. The van der Waals surface area contributed by atoms with Crippen molar-refractivity contribution in [2.75, 3.05) is 7.11 Å². The number of benzene rings is 2. The van der Waals surface area contributed by atoms with E-state index in [1.807, 2.05) is 18.2 Å². The molecule has 1 amide bonds. The normalized spacial score (nSPS) is 11.7. The molecule has 0 aliphatic carbocycles. The third-order valence-electron chi connectivity index (χ3n) is 3.36. The number of rotatable bonds is 7. The average Bonchev–Trinajstić information content (AvgIpc) is 2.64. The van der Waals surface area contributed by atoms with Crippen molar-refractivity contribution in [1.29, 1.82) is 0 Å². The fraction of sp³-hybridized carbons (Fsp3) is 0.211. The molecule has 1 atom stereocenters. The van der Waals surface area contributed by atoms with Crippen LogP contribution in [0.25, 0.3) is 0 Å². The number of nitrogens with one attached hydrogen (secondary N) is 1. The quantitative estimate of drug-likeness (QED) is 0.312. The number of esters is 1. The second-order valence-electron chi connectivity index (χ2n) is 5.42. The first kappa shape index (κ1) is 20.4. The molecule has 0 fully saturated rings. The Balaban J connectivity index is 2.04. The van der Waals surface area contributed by atoms with E-state index in [4.69, 9.17) is 14.2 Å². The van der Waals surface area contributed by atoms with Gasteiger partial charge in [-0.1, -0.05) is 12.1 Å². The van der Waals surface area contributed by atoms with Crippen LogP contribution < -0.4 is 19.6 Å². The van der Waals surface area contributed by atoms with Crippen molar-refractivity contribution in [1.82, 2.24) is 5.43 Å². The molecular formula is C19H19BrN2O5. The van der Waals surface area contributed by atoms with E-state index in [2.05, 4.69) is 26.5 Å². The van der Waals surface area contributed by atoms with Crippen molar-refractivity contribution in [2.24, 2.45) is 5.10 Å². The predicted octanol–water partition coefficient (Wildman–Crippen LogP) is 3.30. The maximum atomic E-state index is 12.2. The Kier molecular flexibility index (Phi) is 7.36. The van der Waals surface area contributed by atoms with Crippen LogP contribution in [0.1, 0.15) is 19.4 Å². The molecule has 2 aromatic carbocycles. The number of carbonyl (C=O) groups excluding carboxylic acids is 2. The highest BCUT2D eigenvalue weighted by molar-refractivity contribution is 9.10. The van der Waals surface area contributed by atoms with Crippen LogP contribution in [-0.2, 0) is 9.59 Å². The summed E-state index contributed by atoms with van der Waals surface area (Å²) in [4.78, 5) is 23.4. The van der Waals surface area contributed by atoms with Crippen LogP contribution in [0.5, 0.6) is 17.2 Å². The first-order valence-corrected chi connectivity index (χ1v) is 8.80. The summed E-state index contributed by atoms with van der Waals surface area (Å²) in [5, 5.41) is 3.91. The summed E-state index contributed by atoms with van der Waals surface area (Å²) < 4.78 is 16.6. The Morgan fingerprint density at radius 3 is 2.59 bits per heavy atom. The number of hydrogen-bond donors (Lipinski definition) is 1. The molecule has 0 saturated carbocycles. The van der Waals surface area contributed by atoms with Crippen LogP contribution in [0.15, 0.2) is 52.0 Å². The molecule has 2 aromatic rings. The van der Waals surface area contributed by atoms with Crippen LogP contribution in [0.4, 0.5) is 0 Å². The van der Waals surface area contributed by atoms with E-state index in [0.717, 1.165) is 4.47 Å². The van der Waals surface area contributed by atoms with Gasteiger partial charge >= 0.3 is 5.97 Å². The number of carbonyl (C=O) groups is 2. The van der Waals surface area contributed by atoms with E-state index in [1.54, 1.807) is 31.2 Å². The highest BCUT2D eigenvalue weighted by Gasteiger charge is 2.15. The van der Waals surface area contributed by atoms with Crippen molar-refractivity contribution in [3.8, 4) is 17.2 Å². The third-order valence-corrected chi connectivity index (χ3v) is 4.01. The van der Waals surface area contributed by atoms with Crippen molar-refractivity contribution in [3.05, 3.63) is 52.5 Å². The summed E-state index contributed by atoms with van der Waals surface area (Å²) in [6, 6.07) is 12.1. The van der Waals surface area contributed by atoms with E-state index in [9.17, 15) is 9.59 Å². The lowest BCUT2D eigenvalue weighted by Crippen LogP contribution is -2.33. The highest BCUT2D eigenvalue weighted by Crippen LogP contribution is 2.25. The van der Waals surface area contributed by atoms with E-state index < -0.39 is 18.0 Å². The smallest absolute Gasteiger partial charge is 0.308 e. The van der Waals surface area contributed by atoms with Crippen LogP contribution in [-0.4, -0.2) is 31.3 Å². The van der Waals surface area contributed by atoms with E-state index >= 15 is 0 Å². The molecule has 0 spiro atoms. The Morgan fingerprint density at radius 2 is 1.93 bits per heavy atom. The second kappa shape index (κ2) is 9.72. The van der Waals surface area contributed by atoms with Gasteiger partial charge in [-0.15, -0.1) is 0 Å². The van der Waals surface area contributed by atoms with Gasteiger partial charge in [0, 0.05) is 12.5 Å². The molecule has 0 bridgehead atoms. The van der Waals surface area contributed by atoms with E-state index in [-0.39, 0.29) is 0 Å². The van der Waals surface area contributed by atoms with Crippen molar-refractivity contribution >= 4 is 34.0 Å². The first-order valence-electron chi connectivity index (χ1n) is 8.01. The molecule has 0 aliphatic heterocycles. The molecule has 0 heterocycles. The Labute approximate surface area is 165 Å². The zero-order valence-electron chi connectivity index (χ0n) is 15.1. The second-order valence-corrected chi connectivity index (χ2v) is 6.28. The lowest BCUT2D eigenvalue weighted by atomic mass is 10.2. The van der Waals surface area contributed by atoms with Gasteiger partial charge in [-0.3, -0.25) is 9.59 Å². The van der Waals surface area contributed by atoms with Crippen molar-refractivity contribution in [2.45, 2.75) is 20.0 Å². The van der Waals surface area contributed by atoms with Gasteiger partial charge in [-0.05, 0) is 53.2 Å². The standard InChI is InChI=1S/C19H19BrN2O5/c1-12(26-18-7-5-4-6-16(18)20)19(24)22-21-11-14-10-15(25-3)8-9-17(14)27-13(2)23/h4-12H,1-3H3,(H,22,24). The van der Waals surface area contributed by atoms with Crippen molar-refractivity contribution in [3.63, 3.8) is 0 Å². The van der Waals surface area contributed by atoms with Gasteiger partial charge in [-0.2, -0.15) is 5.10 Å². The molecule has 1 unspecified atom stereocenters. The van der Waals surface area contributed by atoms with E-state index in [1.165, 1.54) is 20.2 Å². The first-order chi connectivity index (χ1) is 12.9. The molecule has 142 valence electrons. The molecule has 0 aromatic heterocycles. The van der Waals surface area contributed by atoms with Crippen LogP contribution >= 0.6 is 15.9 Å². The Hall–Kier alpha value is -2.87. The third kappa shape index (κ3) is 6.10. The summed E-state index contributed by atoms with van der Waals surface area (Å²) in [6.07, 6.45) is 0.600. The summed E-state index contributed by atoms with van der Waals surface area (Å²) in [6.45, 7) is 2.91. The lowest BCUT2D eigenvalue weighted by Gasteiger charge is -2.14. The predicted molar refractivity (Wildman–Crippen MR) is 104 cm³/mol. The van der Waals surface area contributed by atoms with Crippen LogP contribution in [0, 0.1) is 0 Å². The number of hydrazone groups is 1. The number of ether oxygens (including phenoxy) is 3. The van der Waals surface area contributed by atoms with Gasteiger partial charge in [0.2, 0.25) is 0 Å². The number of methoxy groups -OCH3 is 1. The SMILES string of the molecule is COc1ccc(OC(C)=O)c(C=NNC(=O)C(C)Oc2ccccc2Br)c1. The molecule has 7 nitrogen and oxygen atoms in total. The highest BCUT2D eigenvalue weighted by atomic mass is 79.9. The minimum absolute atomic E-state index is 0.304. The van der Waals surface area contributed by atoms with Gasteiger partial charge in [0.15, 0.2) is 6.10 Å². The van der Waals surface area contributed by atoms with Gasteiger partial charge in [-0.25, -0.2) is 5.43 Å². The monoisotopic (exact) mass is 434 g/mol. The Morgan fingerprint density at radius 1 is 1.19 bits per heavy atom. The van der Waals surface area contributed by atoms with Gasteiger partial charge < -0.3 is 14.2 Å². The van der Waals surface area contributed by atoms with Crippen LogP contribution in [0.2, 0.25) is 0 Å². The fourth-order valence-electron chi connectivity index (χ4n) is 2.04. The summed E-state index contributed by atoms with van der Waals surface area (Å²) >= 11 is 3.36. The molecule has 0 saturated heterocycles. The number of hydrogen-bond acceptors (Lipinski definition) is 6. The summed E-state index contributed by atoms with van der Waals surface area (Å²) in [5.41, 5.74) is 2.87. The summed E-state index contributed by atoms with van der Waals surface area (Å²) in [7, 11) is 1.52. The van der Waals surface area contributed by atoms with Gasteiger partial charge in [0.1, 0.15) is 17.2 Å². The molecule has 0 aliphatic rings. The molecule has 0 radical (unpaired) electrons. The summed E-state index contributed by atoms with van der Waals surface area (Å²) in [5.74, 6) is 0.519. The molecule has 27 heavy (non-hydrogen) atoms. The number of halogens is 1. The molecular weight excluding hydrogens is 416 g/mol. The topological polar surface area (TPSA) is 86.2 Å². The zero-order valence-corrected chi connectivity index (χ0v) is 16.6. The van der Waals surface area contributed by atoms with Crippen LogP contribution in [0.3, 0.4) is 0 Å². The number of amides is 1. The fourth-order valence-corrected chi connectivity index (χ4v) is 2.42. The maximum Gasteiger partial charge on any atom is 0.308 e. The Bertz CT molecular complexity index is 854. The molecule has 2 rings (SSSR count). The van der Waals surface area contributed by atoms with Gasteiger partial charge in [0.05, 0.1) is 17.8 Å². The average molecular weight is 435 g/mol. The minimum Gasteiger partial charge on any atom is -0.497 e. The van der Waals surface area contributed by atoms with Gasteiger partial charge in [0.25, 0.3) is 5.91 Å². The number of para-hydroxylation sites is 1. The lowest BCUT2D eigenvalue weighted by molar-refractivity contribution is -0.132. The molecule has 8 heteroatoms. The van der Waals surface area contributed by atoms with E-state index in [0.29, 0.717) is 22.8 Å². The molecule has 1 N–H and O–H groups in total. The maximum absolute atomic E-state index is 12.2. The largest absolute Gasteiger partial charge is 0.497 e.